The van der Waals surface area contributed by atoms with Crippen LogP contribution in [0, 0.1) is 0 Å². The molecule has 0 fully saturated rings. The van der Waals surface area contributed by atoms with E-state index in [1.807, 2.05) is 30.3 Å². The van der Waals surface area contributed by atoms with E-state index in [9.17, 15) is 9.59 Å². The molecular formula is C24H28N4O4. The second kappa shape index (κ2) is 11.6. The molecule has 1 heterocycles. The van der Waals surface area contributed by atoms with Gasteiger partial charge in [0.15, 0.2) is 11.5 Å². The van der Waals surface area contributed by atoms with Crippen LogP contribution in [0.2, 0.25) is 0 Å². The third-order valence-corrected chi connectivity index (χ3v) is 4.85. The van der Waals surface area contributed by atoms with Gasteiger partial charge in [-0.25, -0.2) is 10.4 Å². The molecule has 0 saturated carbocycles. The van der Waals surface area contributed by atoms with Gasteiger partial charge in [-0.3, -0.25) is 9.59 Å². The lowest BCUT2D eigenvalue weighted by atomic mass is 10.2. The molecule has 0 aliphatic carbocycles. The maximum Gasteiger partial charge on any atom is 0.270 e. The second-order valence-corrected chi connectivity index (χ2v) is 7.29. The average molecular weight is 437 g/mol. The lowest BCUT2D eigenvalue weighted by Gasteiger charge is -2.11. The van der Waals surface area contributed by atoms with Crippen LogP contribution in [0.1, 0.15) is 43.9 Å². The summed E-state index contributed by atoms with van der Waals surface area (Å²) in [6.07, 6.45) is 5.10. The van der Waals surface area contributed by atoms with Crippen molar-refractivity contribution in [3.8, 4) is 11.5 Å². The molecule has 3 rings (SSSR count). The van der Waals surface area contributed by atoms with E-state index in [-0.39, 0.29) is 24.3 Å². The van der Waals surface area contributed by atoms with Crippen LogP contribution in [0.4, 0.5) is 0 Å². The summed E-state index contributed by atoms with van der Waals surface area (Å²) in [6.45, 7) is 2.79. The number of nitrogens with zero attached hydrogens (tertiary/aromatic N) is 2. The third kappa shape index (κ3) is 6.41. The number of para-hydroxylation sites is 2. The molecule has 8 heteroatoms. The maximum atomic E-state index is 12.1. The summed E-state index contributed by atoms with van der Waals surface area (Å²) in [5.41, 5.74) is 4.63. The van der Waals surface area contributed by atoms with Gasteiger partial charge in [0.05, 0.1) is 31.0 Å². The van der Waals surface area contributed by atoms with E-state index in [0.717, 1.165) is 24.8 Å². The molecule has 32 heavy (non-hydrogen) atoms. The van der Waals surface area contributed by atoms with Crippen molar-refractivity contribution in [2.24, 2.45) is 5.10 Å². The first-order valence-corrected chi connectivity index (χ1v) is 10.7. The Bertz CT molecular complexity index is 1140. The zero-order valence-electron chi connectivity index (χ0n) is 18.4. The molecule has 0 radical (unpaired) electrons. The highest BCUT2D eigenvalue weighted by Crippen LogP contribution is 2.27. The number of nitrogens with one attached hydrogen (secondary N) is 2. The maximum absolute atomic E-state index is 12.1. The quantitative estimate of drug-likeness (QED) is 0.271. The number of amides is 1. The summed E-state index contributed by atoms with van der Waals surface area (Å²) < 4.78 is 11.2. The molecule has 0 unspecified atom stereocenters. The van der Waals surface area contributed by atoms with Crippen LogP contribution >= 0.6 is 0 Å². The zero-order chi connectivity index (χ0) is 22.8. The Hall–Kier alpha value is -3.68. The Balaban J connectivity index is 1.52. The van der Waals surface area contributed by atoms with Crippen LogP contribution in [-0.2, 0) is 11.2 Å². The summed E-state index contributed by atoms with van der Waals surface area (Å²) >= 11 is 0. The standard InChI is InChI=1S/C24H28N4O4/c1-3-4-7-14-32-21-12-10-17(15-22(21)31-2)16-25-28-23(29)13-11-20-24(30)27-19-9-6-5-8-18(19)26-20/h5-6,8-10,12,15-16H,3-4,7,11,13-14H2,1-2H3,(H,27,30)(H,28,29)/b25-16+. The molecule has 8 nitrogen and oxygen atoms in total. The minimum Gasteiger partial charge on any atom is -0.493 e. The number of fused-ring (bicyclic) bond motifs is 1. The number of ether oxygens (including phenoxy) is 2. The van der Waals surface area contributed by atoms with Crippen LogP contribution in [0.25, 0.3) is 11.0 Å². The lowest BCUT2D eigenvalue weighted by Crippen LogP contribution is -2.21. The predicted octanol–water partition coefficient (Wildman–Crippen LogP) is 3.58. The SMILES string of the molecule is CCCCCOc1ccc(/C=N/NC(=O)CCc2nc3ccccc3[nH]c2=O)cc1OC. The van der Waals surface area contributed by atoms with Crippen LogP contribution in [0.5, 0.6) is 11.5 Å². The monoisotopic (exact) mass is 436 g/mol. The van der Waals surface area contributed by atoms with Gasteiger partial charge < -0.3 is 14.5 Å². The molecule has 0 aliphatic heterocycles. The Morgan fingerprint density at radius 3 is 2.84 bits per heavy atom. The van der Waals surface area contributed by atoms with Gasteiger partial charge in [0.1, 0.15) is 5.69 Å². The molecule has 0 spiro atoms. The van der Waals surface area contributed by atoms with E-state index in [0.29, 0.717) is 34.8 Å². The first-order chi connectivity index (χ1) is 15.6. The molecule has 2 N–H and O–H groups in total. The summed E-state index contributed by atoms with van der Waals surface area (Å²) in [6, 6.07) is 12.7. The van der Waals surface area contributed by atoms with Crippen molar-refractivity contribution in [1.29, 1.82) is 0 Å². The molecule has 0 bridgehead atoms. The number of carbonyl (C=O) groups is 1. The topological polar surface area (TPSA) is 106 Å². The molecule has 0 atom stereocenters. The van der Waals surface area contributed by atoms with Crippen molar-refractivity contribution >= 4 is 23.2 Å². The van der Waals surface area contributed by atoms with Crippen molar-refractivity contribution in [2.45, 2.75) is 39.0 Å². The van der Waals surface area contributed by atoms with Gasteiger partial charge in [-0.1, -0.05) is 31.9 Å². The molecule has 0 aliphatic rings. The molecular weight excluding hydrogens is 408 g/mol. The summed E-state index contributed by atoms with van der Waals surface area (Å²) in [5, 5.41) is 3.99. The van der Waals surface area contributed by atoms with Crippen molar-refractivity contribution in [3.63, 3.8) is 0 Å². The number of aryl methyl sites for hydroxylation is 1. The second-order valence-electron chi connectivity index (χ2n) is 7.29. The number of hydrazone groups is 1. The Kier molecular flexibility index (Phi) is 8.36. The minimum absolute atomic E-state index is 0.0968. The van der Waals surface area contributed by atoms with E-state index >= 15 is 0 Å². The molecule has 1 amide bonds. The van der Waals surface area contributed by atoms with Crippen molar-refractivity contribution in [2.75, 3.05) is 13.7 Å². The number of methoxy groups -OCH3 is 1. The Morgan fingerprint density at radius 2 is 2.03 bits per heavy atom. The highest BCUT2D eigenvalue weighted by Gasteiger charge is 2.08. The number of H-pyrrole nitrogens is 1. The third-order valence-electron chi connectivity index (χ3n) is 4.85. The van der Waals surface area contributed by atoms with Crippen molar-refractivity contribution < 1.29 is 14.3 Å². The number of aromatic nitrogens is 2. The summed E-state index contributed by atoms with van der Waals surface area (Å²) in [4.78, 5) is 31.4. The fraction of sp³-hybridized carbons (Fsp3) is 0.333. The van der Waals surface area contributed by atoms with Gasteiger partial charge >= 0.3 is 0 Å². The van der Waals surface area contributed by atoms with E-state index in [4.69, 9.17) is 9.47 Å². The molecule has 1 aromatic heterocycles. The van der Waals surface area contributed by atoms with E-state index in [1.165, 1.54) is 6.21 Å². The van der Waals surface area contributed by atoms with E-state index in [1.54, 1.807) is 19.2 Å². The number of hydrogen-bond acceptors (Lipinski definition) is 6. The fourth-order valence-electron chi connectivity index (χ4n) is 3.12. The van der Waals surface area contributed by atoms with Gasteiger partial charge in [0.2, 0.25) is 5.91 Å². The lowest BCUT2D eigenvalue weighted by molar-refractivity contribution is -0.121. The molecule has 2 aromatic carbocycles. The van der Waals surface area contributed by atoms with Crippen LogP contribution < -0.4 is 20.5 Å². The Labute approximate surface area is 186 Å². The first kappa shape index (κ1) is 23.0. The summed E-state index contributed by atoms with van der Waals surface area (Å²) in [5.74, 6) is 0.981. The number of benzene rings is 2. The molecule has 3 aromatic rings. The fourth-order valence-corrected chi connectivity index (χ4v) is 3.12. The number of rotatable bonds is 11. The van der Waals surface area contributed by atoms with E-state index in [2.05, 4.69) is 27.4 Å². The van der Waals surface area contributed by atoms with Gasteiger partial charge in [-0.15, -0.1) is 0 Å². The van der Waals surface area contributed by atoms with Crippen molar-refractivity contribution in [1.82, 2.24) is 15.4 Å². The predicted molar refractivity (Wildman–Crippen MR) is 124 cm³/mol. The van der Waals surface area contributed by atoms with Gasteiger partial charge in [-0.05, 0) is 42.3 Å². The van der Waals surface area contributed by atoms with Gasteiger partial charge in [0.25, 0.3) is 5.56 Å². The average Bonchev–Trinajstić information content (AvgIpc) is 2.81. The van der Waals surface area contributed by atoms with Crippen LogP contribution in [-0.4, -0.2) is 35.8 Å². The normalized spacial score (nSPS) is 11.1. The van der Waals surface area contributed by atoms with Gasteiger partial charge in [0, 0.05) is 12.8 Å². The molecule has 168 valence electrons. The van der Waals surface area contributed by atoms with Crippen LogP contribution in [0.15, 0.2) is 52.4 Å². The number of carbonyl (C=O) groups excluding carboxylic acids is 1. The first-order valence-electron chi connectivity index (χ1n) is 10.7. The number of unbranched alkanes of at least 4 members (excludes halogenated alkanes) is 2. The number of hydrogen-bond donors (Lipinski definition) is 2. The molecule has 0 saturated heterocycles. The number of aromatic amines is 1. The van der Waals surface area contributed by atoms with Gasteiger partial charge in [-0.2, -0.15) is 5.10 Å². The van der Waals surface area contributed by atoms with Crippen molar-refractivity contribution in [3.05, 3.63) is 64.1 Å². The zero-order valence-corrected chi connectivity index (χ0v) is 18.4. The highest BCUT2D eigenvalue weighted by molar-refractivity contribution is 5.83. The smallest absolute Gasteiger partial charge is 0.270 e. The largest absolute Gasteiger partial charge is 0.493 e. The van der Waals surface area contributed by atoms with Crippen LogP contribution in [0.3, 0.4) is 0 Å². The van der Waals surface area contributed by atoms with E-state index < -0.39 is 0 Å². The minimum atomic E-state index is -0.307. The summed E-state index contributed by atoms with van der Waals surface area (Å²) in [7, 11) is 1.58. The Morgan fingerprint density at radius 1 is 1.19 bits per heavy atom. The highest BCUT2D eigenvalue weighted by atomic mass is 16.5.